The lowest BCUT2D eigenvalue weighted by molar-refractivity contribution is 0.0256. The molecule has 2 aliphatic heterocycles. The minimum Gasteiger partial charge on any atom is -0.444 e. The summed E-state index contributed by atoms with van der Waals surface area (Å²) in [5.41, 5.74) is -0.406. The Labute approximate surface area is 141 Å². The molecule has 2 aliphatic rings. The van der Waals surface area contributed by atoms with Crippen LogP contribution in [-0.2, 0) is 4.74 Å². The van der Waals surface area contributed by atoms with Crippen molar-refractivity contribution in [3.63, 3.8) is 0 Å². The van der Waals surface area contributed by atoms with Gasteiger partial charge in [0.25, 0.3) is 0 Å². The first-order valence-electron chi connectivity index (χ1n) is 9.38. The smallest absolute Gasteiger partial charge is 0.410 e. The van der Waals surface area contributed by atoms with E-state index in [1.165, 1.54) is 38.9 Å². The Morgan fingerprint density at radius 1 is 1.09 bits per heavy atom. The molecule has 1 atom stereocenters. The summed E-state index contributed by atoms with van der Waals surface area (Å²) < 4.78 is 5.48. The van der Waals surface area contributed by atoms with Crippen molar-refractivity contribution >= 4 is 6.09 Å². The molecule has 1 amide bonds. The van der Waals surface area contributed by atoms with Crippen molar-refractivity contribution < 1.29 is 9.53 Å². The number of carbonyl (C=O) groups is 1. The molecule has 1 unspecified atom stereocenters. The summed E-state index contributed by atoms with van der Waals surface area (Å²) in [6, 6.07) is 0.543. The maximum absolute atomic E-state index is 12.2. The lowest BCUT2D eigenvalue weighted by atomic mass is 10.1. The Balaban J connectivity index is 1.62. The van der Waals surface area contributed by atoms with Crippen molar-refractivity contribution in [3.8, 4) is 0 Å². The van der Waals surface area contributed by atoms with Gasteiger partial charge in [0.15, 0.2) is 0 Å². The topological polar surface area (TPSA) is 44.8 Å². The number of nitrogens with one attached hydrogen (secondary N) is 1. The molecule has 0 bridgehead atoms. The van der Waals surface area contributed by atoms with E-state index < -0.39 is 5.60 Å². The fourth-order valence-corrected chi connectivity index (χ4v) is 3.42. The average molecular weight is 325 g/mol. The third kappa shape index (κ3) is 7.08. The number of likely N-dealkylation sites (tertiary alicyclic amines) is 2. The van der Waals surface area contributed by atoms with Crippen molar-refractivity contribution in [2.24, 2.45) is 0 Å². The highest BCUT2D eigenvalue weighted by Crippen LogP contribution is 2.15. The van der Waals surface area contributed by atoms with E-state index in [2.05, 4.69) is 10.2 Å². The lowest BCUT2D eigenvalue weighted by Crippen LogP contribution is -2.38. The van der Waals surface area contributed by atoms with Crippen molar-refractivity contribution in [1.29, 1.82) is 0 Å². The maximum atomic E-state index is 12.2. The van der Waals surface area contributed by atoms with E-state index in [1.807, 2.05) is 25.7 Å². The minimum absolute atomic E-state index is 0.160. The summed E-state index contributed by atoms with van der Waals surface area (Å²) in [4.78, 5) is 16.6. The molecule has 2 rings (SSSR count). The number of carbonyl (C=O) groups excluding carboxylic acids is 1. The fourth-order valence-electron chi connectivity index (χ4n) is 3.42. The normalized spacial score (nSPS) is 23.8. The van der Waals surface area contributed by atoms with Crippen LogP contribution in [0.2, 0.25) is 0 Å². The molecule has 23 heavy (non-hydrogen) atoms. The molecule has 0 saturated carbocycles. The molecule has 5 heteroatoms. The summed E-state index contributed by atoms with van der Waals surface area (Å²) in [5, 5.41) is 3.69. The first-order chi connectivity index (χ1) is 10.9. The van der Waals surface area contributed by atoms with Crippen LogP contribution in [0.4, 0.5) is 4.79 Å². The molecule has 5 nitrogen and oxygen atoms in total. The molecule has 1 N–H and O–H groups in total. The first-order valence-corrected chi connectivity index (χ1v) is 9.38. The van der Waals surface area contributed by atoms with Crippen molar-refractivity contribution in [3.05, 3.63) is 0 Å². The van der Waals surface area contributed by atoms with E-state index in [0.717, 1.165) is 38.9 Å². The number of nitrogens with zero attached hydrogens (tertiary/aromatic N) is 2. The van der Waals surface area contributed by atoms with Crippen LogP contribution < -0.4 is 5.32 Å². The van der Waals surface area contributed by atoms with Gasteiger partial charge in [-0.3, -0.25) is 0 Å². The van der Waals surface area contributed by atoms with E-state index in [4.69, 9.17) is 4.74 Å². The van der Waals surface area contributed by atoms with E-state index in [0.29, 0.717) is 6.04 Å². The van der Waals surface area contributed by atoms with Gasteiger partial charge in [0, 0.05) is 19.1 Å². The zero-order chi connectivity index (χ0) is 16.7. The van der Waals surface area contributed by atoms with Gasteiger partial charge < -0.3 is 19.9 Å². The van der Waals surface area contributed by atoms with Crippen molar-refractivity contribution in [2.45, 2.75) is 70.9 Å². The molecular weight excluding hydrogens is 290 g/mol. The molecule has 2 heterocycles. The average Bonchev–Trinajstić information content (AvgIpc) is 2.86. The van der Waals surface area contributed by atoms with Crippen LogP contribution in [0.25, 0.3) is 0 Å². The van der Waals surface area contributed by atoms with Crippen LogP contribution in [0.15, 0.2) is 0 Å². The number of ether oxygens (including phenoxy) is 1. The second-order valence-corrected chi connectivity index (χ2v) is 7.95. The highest BCUT2D eigenvalue weighted by atomic mass is 16.6. The highest BCUT2D eigenvalue weighted by molar-refractivity contribution is 5.68. The van der Waals surface area contributed by atoms with Gasteiger partial charge in [-0.05, 0) is 85.5 Å². The Kier molecular flexibility index (Phi) is 7.15. The summed E-state index contributed by atoms with van der Waals surface area (Å²) >= 11 is 0. The summed E-state index contributed by atoms with van der Waals surface area (Å²) in [5.74, 6) is 0. The van der Waals surface area contributed by atoms with Crippen LogP contribution in [-0.4, -0.2) is 66.8 Å². The summed E-state index contributed by atoms with van der Waals surface area (Å²) in [7, 11) is 0. The molecule has 134 valence electrons. The van der Waals surface area contributed by atoms with Gasteiger partial charge in [-0.25, -0.2) is 4.79 Å². The van der Waals surface area contributed by atoms with E-state index >= 15 is 0 Å². The predicted octanol–water partition coefficient (Wildman–Crippen LogP) is 2.85. The molecule has 0 spiro atoms. The Bertz CT molecular complexity index is 362. The van der Waals surface area contributed by atoms with Gasteiger partial charge in [-0.2, -0.15) is 0 Å². The largest absolute Gasteiger partial charge is 0.444 e. The van der Waals surface area contributed by atoms with Gasteiger partial charge in [0.2, 0.25) is 0 Å². The third-order valence-electron chi connectivity index (χ3n) is 4.66. The SMILES string of the molecule is CC(C)(C)OC(=O)N1CCCC(NCCCN2CCCC2)CC1. The van der Waals surface area contributed by atoms with Crippen molar-refractivity contribution in [1.82, 2.24) is 15.1 Å². The second-order valence-electron chi connectivity index (χ2n) is 7.95. The van der Waals surface area contributed by atoms with Gasteiger partial charge in [0.05, 0.1) is 0 Å². The molecule has 2 fully saturated rings. The summed E-state index contributed by atoms with van der Waals surface area (Å²) in [6.45, 7) is 12.3. The molecular formula is C18H35N3O2. The molecule has 0 aromatic carbocycles. The number of hydrogen-bond donors (Lipinski definition) is 1. The zero-order valence-corrected chi connectivity index (χ0v) is 15.3. The number of rotatable bonds is 5. The third-order valence-corrected chi connectivity index (χ3v) is 4.66. The number of hydrogen-bond acceptors (Lipinski definition) is 4. The van der Waals surface area contributed by atoms with E-state index in [9.17, 15) is 4.79 Å². The van der Waals surface area contributed by atoms with E-state index in [1.54, 1.807) is 0 Å². The second kappa shape index (κ2) is 8.88. The van der Waals surface area contributed by atoms with Gasteiger partial charge >= 0.3 is 6.09 Å². The van der Waals surface area contributed by atoms with Crippen LogP contribution in [0.5, 0.6) is 0 Å². The zero-order valence-electron chi connectivity index (χ0n) is 15.3. The predicted molar refractivity (Wildman–Crippen MR) is 93.7 cm³/mol. The van der Waals surface area contributed by atoms with Gasteiger partial charge in [0.1, 0.15) is 5.60 Å². The van der Waals surface area contributed by atoms with E-state index in [-0.39, 0.29) is 6.09 Å². The van der Waals surface area contributed by atoms with Gasteiger partial charge in [-0.1, -0.05) is 0 Å². The fraction of sp³-hybridized carbons (Fsp3) is 0.944. The van der Waals surface area contributed by atoms with Gasteiger partial charge in [-0.15, -0.1) is 0 Å². The Morgan fingerprint density at radius 2 is 1.83 bits per heavy atom. The Hall–Kier alpha value is -0.810. The first kappa shape index (κ1) is 18.5. The molecule has 2 saturated heterocycles. The summed E-state index contributed by atoms with van der Waals surface area (Å²) in [6.07, 6.45) is 7.06. The Morgan fingerprint density at radius 3 is 2.52 bits per heavy atom. The molecule has 0 aromatic heterocycles. The highest BCUT2D eigenvalue weighted by Gasteiger charge is 2.25. The van der Waals surface area contributed by atoms with Crippen molar-refractivity contribution in [2.75, 3.05) is 39.3 Å². The van der Waals surface area contributed by atoms with Crippen LogP contribution in [0.3, 0.4) is 0 Å². The molecule has 0 radical (unpaired) electrons. The van der Waals surface area contributed by atoms with Crippen LogP contribution in [0, 0.1) is 0 Å². The minimum atomic E-state index is -0.406. The number of amides is 1. The van der Waals surface area contributed by atoms with Crippen LogP contribution in [0.1, 0.15) is 59.3 Å². The van der Waals surface area contributed by atoms with Crippen LogP contribution >= 0.6 is 0 Å². The monoisotopic (exact) mass is 325 g/mol. The standard InChI is InChI=1S/C18H35N3O2/c1-18(2,3)23-17(22)21-14-6-8-16(9-15-21)19-10-7-13-20-11-4-5-12-20/h16,19H,4-15H2,1-3H3. The maximum Gasteiger partial charge on any atom is 0.410 e. The molecule has 0 aromatic rings. The lowest BCUT2D eigenvalue weighted by Gasteiger charge is -2.26. The quantitative estimate of drug-likeness (QED) is 0.790. The molecule has 0 aliphatic carbocycles.